The molecule has 0 bridgehead atoms. The largest absolute Gasteiger partial charge is 0.429 e. The second kappa shape index (κ2) is 4.99. The Morgan fingerprint density at radius 3 is 1.76 bits per heavy atom. The molecule has 3 unspecified atom stereocenters. The first-order valence-electron chi connectivity index (χ1n) is 6.97. The van der Waals surface area contributed by atoms with Crippen molar-refractivity contribution in [3.8, 4) is 0 Å². The Kier molecular flexibility index (Phi) is 4.00. The summed E-state index contributed by atoms with van der Waals surface area (Å²) in [7, 11) is 0. The van der Waals surface area contributed by atoms with E-state index in [9.17, 15) is 35.8 Å². The maximum absolute atomic E-state index is 14.7. The Morgan fingerprint density at radius 2 is 1.29 bits per heavy atom. The van der Waals surface area contributed by atoms with Gasteiger partial charge in [-0.1, -0.05) is 25.7 Å². The highest BCUT2D eigenvalue weighted by atomic mass is 19.4. The van der Waals surface area contributed by atoms with Gasteiger partial charge in [-0.05, 0) is 31.1 Å². The summed E-state index contributed by atoms with van der Waals surface area (Å²) in [4.78, 5) is 0. The summed E-state index contributed by atoms with van der Waals surface area (Å²) in [5.41, 5.74) is -9.00. The molecule has 1 nitrogen and oxygen atoms in total. The molecule has 21 heavy (non-hydrogen) atoms. The highest BCUT2D eigenvalue weighted by molar-refractivity contribution is 5.12. The van der Waals surface area contributed by atoms with Crippen molar-refractivity contribution < 1.29 is 35.8 Å². The van der Waals surface area contributed by atoms with Crippen LogP contribution in [-0.2, 0) is 0 Å². The number of halogens is 7. The molecule has 124 valence electrons. The summed E-state index contributed by atoms with van der Waals surface area (Å²) in [5, 5.41) is 9.33. The van der Waals surface area contributed by atoms with E-state index in [1.807, 2.05) is 0 Å². The number of alkyl halides is 7. The predicted molar refractivity (Wildman–Crippen MR) is 60.2 cm³/mol. The molecule has 0 heterocycles. The van der Waals surface area contributed by atoms with Crippen LogP contribution in [0.4, 0.5) is 30.7 Å². The van der Waals surface area contributed by atoms with E-state index in [2.05, 4.69) is 0 Å². The molecule has 0 aromatic rings. The minimum Gasteiger partial charge on any atom is -0.371 e. The smallest absolute Gasteiger partial charge is 0.371 e. The van der Waals surface area contributed by atoms with E-state index < -0.39 is 42.4 Å². The lowest BCUT2D eigenvalue weighted by Crippen LogP contribution is -2.70. The fraction of sp³-hybridized carbons (Fsp3) is 1.00. The zero-order chi connectivity index (χ0) is 16.1. The molecule has 2 aliphatic rings. The molecule has 8 heteroatoms. The molecule has 3 atom stereocenters. The van der Waals surface area contributed by atoms with Crippen LogP contribution in [0.1, 0.15) is 44.9 Å². The Morgan fingerprint density at radius 1 is 0.810 bits per heavy atom. The topological polar surface area (TPSA) is 20.2 Å². The molecule has 0 radical (unpaired) electrons. The summed E-state index contributed by atoms with van der Waals surface area (Å²) in [6.07, 6.45) is -11.4. The second-order valence-electron chi connectivity index (χ2n) is 6.22. The van der Waals surface area contributed by atoms with E-state index in [4.69, 9.17) is 0 Å². The third-order valence-corrected chi connectivity index (χ3v) is 5.03. The first-order valence-corrected chi connectivity index (χ1v) is 6.97. The number of aliphatic hydroxyl groups is 1. The van der Waals surface area contributed by atoms with Gasteiger partial charge in [0.2, 0.25) is 0 Å². The van der Waals surface area contributed by atoms with Crippen LogP contribution in [0.15, 0.2) is 0 Å². The van der Waals surface area contributed by atoms with Crippen molar-refractivity contribution in [2.24, 2.45) is 11.8 Å². The molecule has 2 rings (SSSR count). The van der Waals surface area contributed by atoms with Crippen LogP contribution in [0.3, 0.4) is 0 Å². The fourth-order valence-electron chi connectivity index (χ4n) is 3.86. The Hall–Kier alpha value is -0.530. The highest BCUT2D eigenvalue weighted by Crippen LogP contribution is 2.58. The molecule has 0 amide bonds. The van der Waals surface area contributed by atoms with Crippen molar-refractivity contribution in [2.45, 2.75) is 68.6 Å². The van der Waals surface area contributed by atoms with Crippen LogP contribution in [0, 0.1) is 11.8 Å². The number of hydrogen-bond donors (Lipinski definition) is 1. The SMILES string of the molecule is OC(C(F)(F)F)(C(F)(F)F)C1(F)CCC2CCCCC2C1. The van der Waals surface area contributed by atoms with Gasteiger partial charge in [0.25, 0.3) is 5.60 Å². The lowest BCUT2D eigenvalue weighted by Gasteiger charge is -2.49. The second-order valence-corrected chi connectivity index (χ2v) is 6.22. The molecule has 0 saturated heterocycles. The molecule has 1 N–H and O–H groups in total. The Bertz CT molecular complexity index is 375. The molecular formula is C13H17F7O. The predicted octanol–water partition coefficient (Wildman–Crippen LogP) is 4.54. The first kappa shape index (κ1) is 16.8. The summed E-state index contributed by atoms with van der Waals surface area (Å²) in [5.74, 6) is -0.554. The van der Waals surface area contributed by atoms with Gasteiger partial charge < -0.3 is 5.11 Å². The molecule has 2 fully saturated rings. The molecule has 2 saturated carbocycles. The van der Waals surface area contributed by atoms with E-state index in [1.165, 1.54) is 0 Å². The van der Waals surface area contributed by atoms with Crippen molar-refractivity contribution >= 4 is 0 Å². The van der Waals surface area contributed by atoms with Crippen molar-refractivity contribution in [3.63, 3.8) is 0 Å². The Labute approximate surface area is 117 Å². The van der Waals surface area contributed by atoms with E-state index in [1.54, 1.807) is 0 Å². The summed E-state index contributed by atoms with van der Waals surface area (Å²) >= 11 is 0. The van der Waals surface area contributed by atoms with Crippen LogP contribution in [0.2, 0.25) is 0 Å². The van der Waals surface area contributed by atoms with Crippen LogP contribution < -0.4 is 0 Å². The van der Waals surface area contributed by atoms with Gasteiger partial charge in [0, 0.05) is 0 Å². The average molecular weight is 322 g/mol. The third kappa shape index (κ3) is 2.53. The van der Waals surface area contributed by atoms with E-state index in [0.29, 0.717) is 19.3 Å². The van der Waals surface area contributed by atoms with Crippen LogP contribution in [0.5, 0.6) is 0 Å². The van der Waals surface area contributed by atoms with Crippen molar-refractivity contribution in [3.05, 3.63) is 0 Å². The fourth-order valence-corrected chi connectivity index (χ4v) is 3.86. The minimum atomic E-state index is -6.10. The van der Waals surface area contributed by atoms with E-state index in [-0.39, 0.29) is 12.3 Å². The normalized spacial score (nSPS) is 35.4. The Balaban J connectivity index is 2.36. The zero-order valence-corrected chi connectivity index (χ0v) is 11.2. The van der Waals surface area contributed by atoms with Gasteiger partial charge in [0.1, 0.15) is 0 Å². The first-order chi connectivity index (χ1) is 9.42. The number of rotatable bonds is 1. The van der Waals surface area contributed by atoms with Gasteiger partial charge in [-0.25, -0.2) is 4.39 Å². The van der Waals surface area contributed by atoms with Gasteiger partial charge in [0.15, 0.2) is 5.67 Å². The van der Waals surface area contributed by atoms with Crippen molar-refractivity contribution in [1.82, 2.24) is 0 Å². The van der Waals surface area contributed by atoms with Gasteiger partial charge in [-0.2, -0.15) is 26.3 Å². The van der Waals surface area contributed by atoms with E-state index >= 15 is 0 Å². The molecule has 2 aliphatic carbocycles. The molecule has 0 aromatic heterocycles. The quantitative estimate of drug-likeness (QED) is 0.703. The lowest BCUT2D eigenvalue weighted by atomic mass is 9.62. The van der Waals surface area contributed by atoms with Gasteiger partial charge in [-0.3, -0.25) is 0 Å². The van der Waals surface area contributed by atoms with Gasteiger partial charge in [0.05, 0.1) is 0 Å². The summed E-state index contributed by atoms with van der Waals surface area (Å²) in [6.45, 7) is 0. The monoisotopic (exact) mass is 322 g/mol. The van der Waals surface area contributed by atoms with Crippen LogP contribution in [0.25, 0.3) is 0 Å². The maximum Gasteiger partial charge on any atom is 0.429 e. The number of hydrogen-bond acceptors (Lipinski definition) is 1. The number of fused-ring (bicyclic) bond motifs is 1. The molecule has 0 spiro atoms. The minimum absolute atomic E-state index is 0.0339. The van der Waals surface area contributed by atoms with Gasteiger partial charge >= 0.3 is 12.4 Å². The van der Waals surface area contributed by atoms with Crippen LogP contribution >= 0.6 is 0 Å². The van der Waals surface area contributed by atoms with Gasteiger partial charge in [-0.15, -0.1) is 0 Å². The molecule has 0 aromatic carbocycles. The molecule has 0 aliphatic heterocycles. The maximum atomic E-state index is 14.7. The van der Waals surface area contributed by atoms with Crippen molar-refractivity contribution in [2.75, 3.05) is 0 Å². The van der Waals surface area contributed by atoms with Crippen LogP contribution in [-0.4, -0.2) is 28.7 Å². The zero-order valence-electron chi connectivity index (χ0n) is 11.2. The lowest BCUT2D eigenvalue weighted by molar-refractivity contribution is -0.408. The summed E-state index contributed by atoms with van der Waals surface area (Å²) < 4.78 is 91.8. The van der Waals surface area contributed by atoms with E-state index in [0.717, 1.165) is 6.42 Å². The summed E-state index contributed by atoms with van der Waals surface area (Å²) in [6, 6.07) is 0. The van der Waals surface area contributed by atoms with Crippen molar-refractivity contribution in [1.29, 1.82) is 0 Å². The highest BCUT2D eigenvalue weighted by Gasteiger charge is 2.80. The third-order valence-electron chi connectivity index (χ3n) is 5.03. The molecular weight excluding hydrogens is 305 g/mol. The standard InChI is InChI=1S/C13H17F7O/c14-10(11(21,12(15,16)17)13(18,19)20)6-5-8-3-1-2-4-9(8)7-10/h8-9,21H,1-7H2. The average Bonchev–Trinajstić information content (AvgIpc) is 2.34.